The lowest BCUT2D eigenvalue weighted by Gasteiger charge is -2.29. The minimum atomic E-state index is -0.151. The molecule has 1 heterocycles. The van der Waals surface area contributed by atoms with Crippen LogP contribution in [-0.2, 0) is 16.0 Å². The second kappa shape index (κ2) is 6.00. The summed E-state index contributed by atoms with van der Waals surface area (Å²) in [5, 5.41) is 0. The molecule has 0 N–H and O–H groups in total. The normalized spacial score (nSPS) is 23.9. The molecule has 0 aromatic heterocycles. The number of hydrogen-bond acceptors (Lipinski definition) is 2. The third-order valence-corrected chi connectivity index (χ3v) is 4.82. The van der Waals surface area contributed by atoms with Crippen molar-refractivity contribution >= 4 is 11.8 Å². The number of carbonyl (C=O) groups is 2. The van der Waals surface area contributed by atoms with Crippen LogP contribution in [0.15, 0.2) is 24.3 Å². The topological polar surface area (TPSA) is 37.4 Å². The molecule has 2 amide bonds. The Morgan fingerprint density at radius 2 is 1.71 bits per heavy atom. The minimum Gasteiger partial charge on any atom is -0.279 e. The molecule has 2 aliphatic rings. The maximum absolute atomic E-state index is 12.6. The number of amides is 2. The molecule has 3 heteroatoms. The number of carbonyl (C=O) groups excluding carboxylic acids is 2. The van der Waals surface area contributed by atoms with Gasteiger partial charge in [0.05, 0.1) is 5.92 Å². The molecule has 0 radical (unpaired) electrons. The fraction of sp³-hybridized carbons (Fsp3) is 0.556. The van der Waals surface area contributed by atoms with E-state index in [0.717, 1.165) is 31.2 Å². The van der Waals surface area contributed by atoms with Crippen molar-refractivity contribution in [3.63, 3.8) is 0 Å². The first-order chi connectivity index (χ1) is 10.1. The standard InChI is InChI=1S/C18H23NO2/c1-13-7-9-14(10-8-13)11-15-12-17(20)19(18(15)21)16-5-3-2-4-6-16/h7-10,15-16H,2-6,11-12H2,1H3. The van der Waals surface area contributed by atoms with Crippen LogP contribution in [0.3, 0.4) is 0 Å². The molecule has 1 saturated carbocycles. The Morgan fingerprint density at radius 1 is 1.05 bits per heavy atom. The zero-order valence-corrected chi connectivity index (χ0v) is 12.7. The largest absolute Gasteiger partial charge is 0.279 e. The lowest BCUT2D eigenvalue weighted by molar-refractivity contribution is -0.142. The van der Waals surface area contributed by atoms with Gasteiger partial charge in [0.15, 0.2) is 0 Å². The molecule has 1 aliphatic heterocycles. The summed E-state index contributed by atoms with van der Waals surface area (Å²) in [4.78, 5) is 26.4. The van der Waals surface area contributed by atoms with Crippen LogP contribution in [0.1, 0.15) is 49.7 Å². The summed E-state index contributed by atoms with van der Waals surface area (Å²) in [5.74, 6) is -0.0429. The van der Waals surface area contributed by atoms with Crippen molar-refractivity contribution in [1.82, 2.24) is 4.90 Å². The Bertz CT molecular complexity index is 529. The number of nitrogens with zero attached hydrogens (tertiary/aromatic N) is 1. The monoisotopic (exact) mass is 285 g/mol. The average molecular weight is 285 g/mol. The van der Waals surface area contributed by atoms with Gasteiger partial charge in [-0.2, -0.15) is 0 Å². The highest BCUT2D eigenvalue weighted by Crippen LogP contribution is 2.31. The molecule has 112 valence electrons. The molecule has 1 aromatic rings. The quantitative estimate of drug-likeness (QED) is 0.799. The molecule has 3 rings (SSSR count). The summed E-state index contributed by atoms with van der Waals surface area (Å²) in [7, 11) is 0. The number of imide groups is 1. The van der Waals surface area contributed by atoms with E-state index in [0.29, 0.717) is 12.8 Å². The van der Waals surface area contributed by atoms with Crippen molar-refractivity contribution in [2.24, 2.45) is 5.92 Å². The number of aryl methyl sites for hydroxylation is 1. The smallest absolute Gasteiger partial charge is 0.233 e. The van der Waals surface area contributed by atoms with Gasteiger partial charge in [-0.15, -0.1) is 0 Å². The highest BCUT2D eigenvalue weighted by atomic mass is 16.2. The van der Waals surface area contributed by atoms with Crippen LogP contribution in [-0.4, -0.2) is 22.8 Å². The number of likely N-dealkylation sites (tertiary alicyclic amines) is 1. The zero-order chi connectivity index (χ0) is 14.8. The molecule has 2 fully saturated rings. The number of rotatable bonds is 3. The molecule has 0 spiro atoms. The van der Waals surface area contributed by atoms with Crippen LogP contribution in [0, 0.1) is 12.8 Å². The maximum atomic E-state index is 12.6. The van der Waals surface area contributed by atoms with E-state index in [-0.39, 0.29) is 23.8 Å². The van der Waals surface area contributed by atoms with E-state index >= 15 is 0 Å². The van der Waals surface area contributed by atoms with E-state index in [1.54, 1.807) is 4.90 Å². The fourth-order valence-electron chi connectivity index (χ4n) is 3.61. The van der Waals surface area contributed by atoms with Crippen molar-refractivity contribution in [2.75, 3.05) is 0 Å². The second-order valence-electron chi connectivity index (χ2n) is 6.48. The summed E-state index contributed by atoms with van der Waals surface area (Å²) in [6.07, 6.45) is 6.59. The van der Waals surface area contributed by atoms with E-state index in [2.05, 4.69) is 31.2 Å². The van der Waals surface area contributed by atoms with Gasteiger partial charge >= 0.3 is 0 Å². The lowest BCUT2D eigenvalue weighted by atomic mass is 9.94. The van der Waals surface area contributed by atoms with Crippen molar-refractivity contribution in [2.45, 2.75) is 57.9 Å². The van der Waals surface area contributed by atoms with Gasteiger partial charge in [0.2, 0.25) is 11.8 Å². The minimum absolute atomic E-state index is 0.0454. The highest BCUT2D eigenvalue weighted by molar-refractivity contribution is 6.04. The third-order valence-electron chi connectivity index (χ3n) is 4.82. The summed E-state index contributed by atoms with van der Waals surface area (Å²) >= 11 is 0. The van der Waals surface area contributed by atoms with Crippen LogP contribution in [0.25, 0.3) is 0 Å². The molecule has 1 aromatic carbocycles. The first-order valence-electron chi connectivity index (χ1n) is 8.06. The average Bonchev–Trinajstić information content (AvgIpc) is 2.77. The van der Waals surface area contributed by atoms with E-state index in [1.165, 1.54) is 12.0 Å². The Hall–Kier alpha value is -1.64. The van der Waals surface area contributed by atoms with Crippen LogP contribution in [0.4, 0.5) is 0 Å². The molecular formula is C18H23NO2. The first kappa shape index (κ1) is 14.3. The van der Waals surface area contributed by atoms with Crippen molar-refractivity contribution < 1.29 is 9.59 Å². The summed E-state index contributed by atoms with van der Waals surface area (Å²) < 4.78 is 0. The van der Waals surface area contributed by atoms with E-state index < -0.39 is 0 Å². The maximum Gasteiger partial charge on any atom is 0.233 e. The number of benzene rings is 1. The predicted octanol–water partition coefficient (Wildman–Crippen LogP) is 3.25. The Morgan fingerprint density at radius 3 is 2.38 bits per heavy atom. The molecule has 1 unspecified atom stereocenters. The van der Waals surface area contributed by atoms with Crippen molar-refractivity contribution in [3.8, 4) is 0 Å². The third kappa shape index (κ3) is 3.02. The summed E-state index contributed by atoms with van der Waals surface area (Å²) in [6.45, 7) is 2.05. The highest BCUT2D eigenvalue weighted by Gasteiger charge is 2.42. The van der Waals surface area contributed by atoms with Crippen LogP contribution in [0.2, 0.25) is 0 Å². The summed E-state index contributed by atoms with van der Waals surface area (Å²) in [5.41, 5.74) is 2.37. The van der Waals surface area contributed by atoms with Crippen molar-refractivity contribution in [1.29, 1.82) is 0 Å². The Labute approximate surface area is 126 Å². The molecule has 21 heavy (non-hydrogen) atoms. The van der Waals surface area contributed by atoms with Gasteiger partial charge in [0.1, 0.15) is 0 Å². The van der Waals surface area contributed by atoms with Crippen molar-refractivity contribution in [3.05, 3.63) is 35.4 Å². The molecule has 3 nitrogen and oxygen atoms in total. The summed E-state index contributed by atoms with van der Waals surface area (Å²) in [6, 6.07) is 8.43. The number of hydrogen-bond donors (Lipinski definition) is 0. The molecule has 1 atom stereocenters. The van der Waals surface area contributed by atoms with Crippen LogP contribution < -0.4 is 0 Å². The van der Waals surface area contributed by atoms with E-state index in [1.807, 2.05) is 0 Å². The van der Waals surface area contributed by atoms with Gasteiger partial charge in [-0.05, 0) is 31.7 Å². The second-order valence-corrected chi connectivity index (χ2v) is 6.48. The van der Waals surface area contributed by atoms with Gasteiger partial charge in [-0.3, -0.25) is 14.5 Å². The van der Waals surface area contributed by atoms with E-state index in [9.17, 15) is 9.59 Å². The zero-order valence-electron chi connectivity index (χ0n) is 12.7. The lowest BCUT2D eigenvalue weighted by Crippen LogP contribution is -2.41. The molecule has 0 bridgehead atoms. The van der Waals surface area contributed by atoms with Gasteiger partial charge in [0.25, 0.3) is 0 Å². The van der Waals surface area contributed by atoms with Gasteiger partial charge < -0.3 is 0 Å². The van der Waals surface area contributed by atoms with Gasteiger partial charge in [-0.1, -0.05) is 49.1 Å². The Kier molecular flexibility index (Phi) is 4.09. The van der Waals surface area contributed by atoms with Crippen LogP contribution in [0.5, 0.6) is 0 Å². The first-order valence-corrected chi connectivity index (χ1v) is 8.06. The predicted molar refractivity (Wildman–Crippen MR) is 81.7 cm³/mol. The molecule has 1 aliphatic carbocycles. The fourth-order valence-corrected chi connectivity index (χ4v) is 3.61. The SMILES string of the molecule is Cc1ccc(CC2CC(=O)N(C3CCCCC3)C2=O)cc1. The van der Waals surface area contributed by atoms with Crippen LogP contribution >= 0.6 is 0 Å². The molecular weight excluding hydrogens is 262 g/mol. The van der Waals surface area contributed by atoms with Gasteiger partial charge in [-0.25, -0.2) is 0 Å². The molecule has 1 saturated heterocycles. The Balaban J connectivity index is 1.69. The van der Waals surface area contributed by atoms with E-state index in [4.69, 9.17) is 0 Å². The van der Waals surface area contributed by atoms with Gasteiger partial charge in [0, 0.05) is 12.5 Å².